The highest BCUT2D eigenvalue weighted by atomic mass is 35.5. The lowest BCUT2D eigenvalue weighted by Crippen LogP contribution is -2.51. The van der Waals surface area contributed by atoms with Gasteiger partial charge in [0.1, 0.15) is 5.88 Å². The van der Waals surface area contributed by atoms with E-state index in [1.54, 1.807) is 0 Å². The maximum atomic E-state index is 11.6. The summed E-state index contributed by atoms with van der Waals surface area (Å²) in [5, 5.41) is 3.00. The quantitative estimate of drug-likeness (QED) is 0.838. The van der Waals surface area contributed by atoms with Crippen LogP contribution in [0.5, 0.6) is 0 Å². The zero-order valence-corrected chi connectivity index (χ0v) is 10.4. The van der Waals surface area contributed by atoms with E-state index >= 15 is 0 Å². The predicted octanol–water partition coefficient (Wildman–Crippen LogP) is 2.05. The van der Waals surface area contributed by atoms with E-state index in [1.807, 2.05) is 30.3 Å². The average molecular weight is 254 g/mol. The molecule has 1 aliphatic rings. The molecule has 17 heavy (non-hydrogen) atoms. The van der Waals surface area contributed by atoms with Crippen LogP contribution in [0.1, 0.15) is 18.4 Å². The van der Waals surface area contributed by atoms with Crippen LogP contribution in [0.4, 0.5) is 0 Å². The van der Waals surface area contributed by atoms with Crippen LogP contribution >= 0.6 is 11.6 Å². The van der Waals surface area contributed by atoms with Crippen molar-refractivity contribution in [2.45, 2.75) is 18.4 Å². The molecule has 1 saturated heterocycles. The fraction of sp³-hybridized carbons (Fsp3) is 0.462. The van der Waals surface area contributed by atoms with Gasteiger partial charge in [0.05, 0.1) is 12.1 Å². The Hall–Kier alpha value is -1.06. The minimum Gasteiger partial charge on any atom is -0.379 e. The zero-order chi connectivity index (χ0) is 12.1. The Morgan fingerprint density at radius 2 is 2.18 bits per heavy atom. The maximum Gasteiger partial charge on any atom is 0.235 e. The smallest absolute Gasteiger partial charge is 0.235 e. The van der Waals surface area contributed by atoms with Gasteiger partial charge in [0.15, 0.2) is 0 Å². The van der Waals surface area contributed by atoms with Crippen molar-refractivity contribution in [3.63, 3.8) is 0 Å². The number of benzene rings is 1. The number of hydrogen-bond acceptors (Lipinski definition) is 2. The number of alkyl halides is 1. The molecule has 1 aromatic rings. The molecule has 1 heterocycles. The minimum absolute atomic E-state index is 0.0193. The van der Waals surface area contributed by atoms with Crippen LogP contribution in [0.25, 0.3) is 0 Å². The van der Waals surface area contributed by atoms with Crippen LogP contribution in [-0.2, 0) is 15.1 Å². The lowest BCUT2D eigenvalue weighted by molar-refractivity contribution is -0.122. The molecule has 1 N–H and O–H groups in total. The summed E-state index contributed by atoms with van der Waals surface area (Å²) in [6.45, 7) is 1.27. The molecular weight excluding hydrogens is 238 g/mol. The van der Waals surface area contributed by atoms with Crippen LogP contribution in [-0.4, -0.2) is 25.0 Å². The largest absolute Gasteiger partial charge is 0.379 e. The summed E-state index contributed by atoms with van der Waals surface area (Å²) in [7, 11) is 0. The summed E-state index contributed by atoms with van der Waals surface area (Å²) in [6.07, 6.45) is 1.83. The second-order valence-corrected chi connectivity index (χ2v) is 4.55. The van der Waals surface area contributed by atoms with Gasteiger partial charge in [0, 0.05) is 6.61 Å². The molecule has 1 aliphatic heterocycles. The SMILES string of the molecule is O=C(CCl)NC1(c2ccccc2)CCCOC1. The molecule has 0 aromatic heterocycles. The number of nitrogens with one attached hydrogen (secondary N) is 1. The highest BCUT2D eigenvalue weighted by Crippen LogP contribution is 2.30. The van der Waals surface area contributed by atoms with E-state index in [-0.39, 0.29) is 11.8 Å². The van der Waals surface area contributed by atoms with Gasteiger partial charge in [0.25, 0.3) is 0 Å². The molecule has 1 fully saturated rings. The Kier molecular flexibility index (Phi) is 4.02. The molecule has 1 amide bonds. The lowest BCUT2D eigenvalue weighted by Gasteiger charge is -2.38. The van der Waals surface area contributed by atoms with Crippen LogP contribution in [0, 0.1) is 0 Å². The number of rotatable bonds is 3. The van der Waals surface area contributed by atoms with E-state index in [1.165, 1.54) is 0 Å². The minimum atomic E-state index is -0.411. The Morgan fingerprint density at radius 1 is 1.41 bits per heavy atom. The van der Waals surface area contributed by atoms with Gasteiger partial charge >= 0.3 is 0 Å². The Morgan fingerprint density at radius 3 is 2.76 bits per heavy atom. The standard InChI is InChI=1S/C13H16ClNO2/c14-9-12(16)15-13(7-4-8-17-10-13)11-5-2-1-3-6-11/h1-3,5-6H,4,7-10H2,(H,15,16). The normalized spacial score (nSPS) is 24.3. The number of carbonyl (C=O) groups is 1. The van der Waals surface area contributed by atoms with Gasteiger partial charge < -0.3 is 10.1 Å². The number of amides is 1. The second-order valence-electron chi connectivity index (χ2n) is 4.29. The van der Waals surface area contributed by atoms with Gasteiger partial charge in [-0.1, -0.05) is 30.3 Å². The van der Waals surface area contributed by atoms with Crippen LogP contribution in [0.3, 0.4) is 0 Å². The van der Waals surface area contributed by atoms with Crippen molar-refractivity contribution >= 4 is 17.5 Å². The first-order valence-corrected chi connectivity index (χ1v) is 6.30. The molecule has 0 radical (unpaired) electrons. The maximum absolute atomic E-state index is 11.6. The molecule has 3 nitrogen and oxygen atoms in total. The average Bonchev–Trinajstić information content (AvgIpc) is 2.40. The highest BCUT2D eigenvalue weighted by Gasteiger charge is 2.35. The first-order chi connectivity index (χ1) is 8.27. The van der Waals surface area contributed by atoms with Gasteiger partial charge in [0.2, 0.25) is 5.91 Å². The zero-order valence-electron chi connectivity index (χ0n) is 9.62. The van der Waals surface area contributed by atoms with Crippen molar-refractivity contribution in [2.75, 3.05) is 19.1 Å². The van der Waals surface area contributed by atoms with Crippen molar-refractivity contribution < 1.29 is 9.53 Å². The van der Waals surface area contributed by atoms with E-state index in [2.05, 4.69) is 5.32 Å². The monoisotopic (exact) mass is 253 g/mol. The van der Waals surface area contributed by atoms with E-state index in [9.17, 15) is 4.79 Å². The van der Waals surface area contributed by atoms with E-state index in [0.29, 0.717) is 6.61 Å². The molecule has 92 valence electrons. The third-order valence-corrected chi connectivity index (χ3v) is 3.31. The third kappa shape index (κ3) is 2.79. The molecule has 1 atom stereocenters. The number of carbonyl (C=O) groups excluding carboxylic acids is 1. The van der Waals surface area contributed by atoms with E-state index in [4.69, 9.17) is 16.3 Å². The fourth-order valence-corrected chi connectivity index (χ4v) is 2.32. The summed E-state index contributed by atoms with van der Waals surface area (Å²) in [5.74, 6) is -0.171. The molecule has 0 saturated carbocycles. The Labute approximate surface area is 106 Å². The van der Waals surface area contributed by atoms with Crippen molar-refractivity contribution in [3.8, 4) is 0 Å². The predicted molar refractivity (Wildman–Crippen MR) is 67.0 cm³/mol. The molecule has 1 aromatic carbocycles. The second kappa shape index (κ2) is 5.52. The topological polar surface area (TPSA) is 38.3 Å². The first kappa shape index (κ1) is 12.4. The van der Waals surface area contributed by atoms with Gasteiger partial charge in [-0.2, -0.15) is 0 Å². The Balaban J connectivity index is 2.26. The summed E-state index contributed by atoms with van der Waals surface area (Å²) < 4.78 is 5.53. The number of halogens is 1. The Bertz CT molecular complexity index is 374. The molecular formula is C13H16ClNO2. The molecule has 1 unspecified atom stereocenters. The molecule has 0 bridgehead atoms. The van der Waals surface area contributed by atoms with E-state index in [0.717, 1.165) is 25.0 Å². The first-order valence-electron chi connectivity index (χ1n) is 5.77. The van der Waals surface area contributed by atoms with Crippen LogP contribution in [0.2, 0.25) is 0 Å². The fourth-order valence-electron chi connectivity index (χ4n) is 2.25. The van der Waals surface area contributed by atoms with Gasteiger partial charge in [-0.05, 0) is 18.4 Å². The summed E-state index contributed by atoms with van der Waals surface area (Å²) in [6, 6.07) is 9.94. The molecule has 0 aliphatic carbocycles. The summed E-state index contributed by atoms with van der Waals surface area (Å²) >= 11 is 5.57. The summed E-state index contributed by atoms with van der Waals surface area (Å²) in [4.78, 5) is 11.6. The van der Waals surface area contributed by atoms with Gasteiger partial charge in [-0.15, -0.1) is 11.6 Å². The highest BCUT2D eigenvalue weighted by molar-refractivity contribution is 6.27. The molecule has 4 heteroatoms. The van der Waals surface area contributed by atoms with Crippen molar-refractivity contribution in [3.05, 3.63) is 35.9 Å². The molecule has 0 spiro atoms. The van der Waals surface area contributed by atoms with Crippen LogP contribution in [0.15, 0.2) is 30.3 Å². The van der Waals surface area contributed by atoms with E-state index < -0.39 is 5.54 Å². The van der Waals surface area contributed by atoms with Crippen molar-refractivity contribution in [1.82, 2.24) is 5.32 Å². The van der Waals surface area contributed by atoms with Gasteiger partial charge in [-0.25, -0.2) is 0 Å². The summed E-state index contributed by atoms with van der Waals surface area (Å²) in [5.41, 5.74) is 0.670. The number of ether oxygens (including phenoxy) is 1. The molecule has 2 rings (SSSR count). The van der Waals surface area contributed by atoms with Crippen molar-refractivity contribution in [2.24, 2.45) is 0 Å². The number of hydrogen-bond donors (Lipinski definition) is 1. The van der Waals surface area contributed by atoms with Crippen LogP contribution < -0.4 is 5.32 Å². The van der Waals surface area contributed by atoms with Crippen molar-refractivity contribution in [1.29, 1.82) is 0 Å². The van der Waals surface area contributed by atoms with Gasteiger partial charge in [-0.3, -0.25) is 4.79 Å². The lowest BCUT2D eigenvalue weighted by atomic mass is 9.84. The third-order valence-electron chi connectivity index (χ3n) is 3.07.